The highest BCUT2D eigenvalue weighted by Gasteiger charge is 2.16. The highest BCUT2D eigenvalue weighted by atomic mass is 32.2. The van der Waals surface area contributed by atoms with Gasteiger partial charge in [-0.25, -0.2) is 0 Å². The maximum Gasteiger partial charge on any atom is 0.0167 e. The van der Waals surface area contributed by atoms with E-state index in [0.717, 1.165) is 12.6 Å². The van der Waals surface area contributed by atoms with Crippen LogP contribution in [0.25, 0.3) is 0 Å². The van der Waals surface area contributed by atoms with Crippen molar-refractivity contribution in [2.75, 3.05) is 31.1 Å². The molecule has 1 aliphatic heterocycles. The van der Waals surface area contributed by atoms with Crippen LogP contribution in [0.3, 0.4) is 0 Å². The minimum Gasteiger partial charge on any atom is -0.327 e. The third-order valence-corrected chi connectivity index (χ3v) is 3.34. The lowest BCUT2D eigenvalue weighted by atomic mass is 10.3. The topological polar surface area (TPSA) is 29.3 Å². The van der Waals surface area contributed by atoms with Gasteiger partial charge in [0.05, 0.1) is 0 Å². The minimum atomic E-state index is 0.664. The van der Waals surface area contributed by atoms with Gasteiger partial charge in [-0.3, -0.25) is 4.90 Å². The van der Waals surface area contributed by atoms with E-state index < -0.39 is 0 Å². The van der Waals surface area contributed by atoms with Gasteiger partial charge < -0.3 is 5.73 Å². The van der Waals surface area contributed by atoms with Gasteiger partial charge in [0.1, 0.15) is 0 Å². The van der Waals surface area contributed by atoms with Gasteiger partial charge in [-0.05, 0) is 6.92 Å². The Balaban J connectivity index is 2.24. The molecular weight excluding hydrogens is 168 g/mol. The van der Waals surface area contributed by atoms with Crippen molar-refractivity contribution in [3.8, 4) is 0 Å². The molecule has 0 aliphatic carbocycles. The van der Waals surface area contributed by atoms with E-state index in [1.54, 1.807) is 0 Å². The predicted molar refractivity (Wildman–Crippen MR) is 56.6 cm³/mol. The molecule has 0 aromatic carbocycles. The van der Waals surface area contributed by atoms with Crippen LogP contribution in [0.4, 0.5) is 0 Å². The van der Waals surface area contributed by atoms with E-state index in [9.17, 15) is 0 Å². The number of hydrogen-bond acceptors (Lipinski definition) is 3. The monoisotopic (exact) mass is 186 g/mol. The SMILES string of the molecule is CC1CSCCN1C/C=C/CN. The first-order valence-electron chi connectivity index (χ1n) is 4.51. The summed E-state index contributed by atoms with van der Waals surface area (Å²) in [5, 5.41) is 0. The normalized spacial score (nSPS) is 26.7. The first kappa shape index (κ1) is 10.1. The maximum atomic E-state index is 5.37. The van der Waals surface area contributed by atoms with Crippen LogP contribution >= 0.6 is 11.8 Å². The third-order valence-electron chi connectivity index (χ3n) is 2.15. The second-order valence-corrected chi connectivity index (χ2v) is 4.28. The van der Waals surface area contributed by atoms with Gasteiger partial charge in [0.15, 0.2) is 0 Å². The Morgan fingerprint density at radius 1 is 1.58 bits per heavy atom. The molecule has 1 unspecified atom stereocenters. The van der Waals surface area contributed by atoms with Crippen molar-refractivity contribution in [2.24, 2.45) is 5.73 Å². The number of hydrogen-bond donors (Lipinski definition) is 1. The number of thioether (sulfide) groups is 1. The molecule has 0 amide bonds. The third kappa shape index (κ3) is 3.17. The van der Waals surface area contributed by atoms with Crippen molar-refractivity contribution >= 4 is 11.8 Å². The summed E-state index contributed by atoms with van der Waals surface area (Å²) in [6.45, 7) is 5.25. The molecule has 12 heavy (non-hydrogen) atoms. The van der Waals surface area contributed by atoms with Gasteiger partial charge in [-0.2, -0.15) is 11.8 Å². The predicted octanol–water partition coefficient (Wildman–Crippen LogP) is 0.939. The van der Waals surface area contributed by atoms with E-state index in [-0.39, 0.29) is 0 Å². The van der Waals surface area contributed by atoms with Crippen LogP contribution in [0.1, 0.15) is 6.92 Å². The number of nitrogens with two attached hydrogens (primary N) is 1. The Labute approximate surface area is 79.2 Å². The van der Waals surface area contributed by atoms with Crippen molar-refractivity contribution < 1.29 is 0 Å². The van der Waals surface area contributed by atoms with Crippen molar-refractivity contribution in [1.82, 2.24) is 4.90 Å². The molecule has 0 radical (unpaired) electrons. The molecule has 0 spiro atoms. The lowest BCUT2D eigenvalue weighted by Gasteiger charge is -2.31. The van der Waals surface area contributed by atoms with Crippen LogP contribution in [0, 0.1) is 0 Å². The molecule has 3 heteroatoms. The molecular formula is C9H18N2S. The Hall–Kier alpha value is 0.01000. The molecule has 1 heterocycles. The van der Waals surface area contributed by atoms with Crippen molar-refractivity contribution in [2.45, 2.75) is 13.0 Å². The summed E-state index contributed by atoms with van der Waals surface area (Å²) < 4.78 is 0. The van der Waals surface area contributed by atoms with E-state index in [1.165, 1.54) is 18.1 Å². The smallest absolute Gasteiger partial charge is 0.0167 e. The Bertz CT molecular complexity index is 147. The molecule has 70 valence electrons. The molecule has 1 saturated heterocycles. The zero-order chi connectivity index (χ0) is 8.81. The Morgan fingerprint density at radius 3 is 3.08 bits per heavy atom. The first-order chi connectivity index (χ1) is 5.84. The zero-order valence-electron chi connectivity index (χ0n) is 7.70. The van der Waals surface area contributed by atoms with Crippen LogP contribution in [0.2, 0.25) is 0 Å². The molecule has 1 rings (SSSR count). The molecule has 1 atom stereocenters. The summed E-state index contributed by atoms with van der Waals surface area (Å²) in [5.41, 5.74) is 5.37. The summed E-state index contributed by atoms with van der Waals surface area (Å²) in [6.07, 6.45) is 4.21. The average Bonchev–Trinajstić information content (AvgIpc) is 2.09. The van der Waals surface area contributed by atoms with E-state index in [0.29, 0.717) is 6.54 Å². The lowest BCUT2D eigenvalue weighted by molar-refractivity contribution is 0.258. The van der Waals surface area contributed by atoms with Crippen LogP contribution < -0.4 is 5.73 Å². The fourth-order valence-electron chi connectivity index (χ4n) is 1.34. The molecule has 2 N–H and O–H groups in total. The minimum absolute atomic E-state index is 0.664. The quantitative estimate of drug-likeness (QED) is 0.665. The van der Waals surface area contributed by atoms with E-state index in [2.05, 4.69) is 29.7 Å². The van der Waals surface area contributed by atoms with Gasteiger partial charge in [0.25, 0.3) is 0 Å². The number of rotatable bonds is 3. The Morgan fingerprint density at radius 2 is 2.42 bits per heavy atom. The van der Waals surface area contributed by atoms with Gasteiger partial charge >= 0.3 is 0 Å². The van der Waals surface area contributed by atoms with E-state index in [4.69, 9.17) is 5.73 Å². The standard InChI is InChI=1S/C9H18N2S/c1-9-8-12-7-6-11(9)5-3-2-4-10/h2-3,9H,4-8,10H2,1H3/b3-2+. The molecule has 0 aromatic heterocycles. The van der Waals surface area contributed by atoms with Gasteiger partial charge in [-0.1, -0.05) is 12.2 Å². The second-order valence-electron chi connectivity index (χ2n) is 3.13. The van der Waals surface area contributed by atoms with Gasteiger partial charge in [-0.15, -0.1) is 0 Å². The molecule has 1 fully saturated rings. The lowest BCUT2D eigenvalue weighted by Crippen LogP contribution is -2.40. The van der Waals surface area contributed by atoms with Crippen LogP contribution in [0.15, 0.2) is 12.2 Å². The fourth-order valence-corrected chi connectivity index (χ4v) is 2.42. The van der Waals surface area contributed by atoms with E-state index >= 15 is 0 Å². The maximum absolute atomic E-state index is 5.37. The highest BCUT2D eigenvalue weighted by Crippen LogP contribution is 2.15. The van der Waals surface area contributed by atoms with Crippen LogP contribution in [-0.2, 0) is 0 Å². The summed E-state index contributed by atoms with van der Waals surface area (Å²) >= 11 is 2.06. The van der Waals surface area contributed by atoms with Gasteiger partial charge in [0.2, 0.25) is 0 Å². The fraction of sp³-hybridized carbons (Fsp3) is 0.778. The molecule has 0 bridgehead atoms. The van der Waals surface area contributed by atoms with Crippen LogP contribution in [0.5, 0.6) is 0 Å². The molecule has 1 aliphatic rings. The van der Waals surface area contributed by atoms with Crippen LogP contribution in [-0.4, -0.2) is 42.1 Å². The molecule has 0 aromatic rings. The largest absolute Gasteiger partial charge is 0.327 e. The van der Waals surface area contributed by atoms with E-state index in [1.807, 2.05) is 6.08 Å². The molecule has 0 saturated carbocycles. The molecule has 2 nitrogen and oxygen atoms in total. The van der Waals surface area contributed by atoms with Gasteiger partial charge in [0, 0.05) is 37.2 Å². The highest BCUT2D eigenvalue weighted by molar-refractivity contribution is 7.99. The summed E-state index contributed by atoms with van der Waals surface area (Å²) in [6, 6.07) is 0.728. The van der Waals surface area contributed by atoms with Crippen molar-refractivity contribution in [3.05, 3.63) is 12.2 Å². The zero-order valence-corrected chi connectivity index (χ0v) is 8.52. The summed E-state index contributed by atoms with van der Waals surface area (Å²) in [4.78, 5) is 2.50. The first-order valence-corrected chi connectivity index (χ1v) is 5.67. The number of nitrogens with zero attached hydrogens (tertiary/aromatic N) is 1. The Kier molecular flexibility index (Phi) is 4.73. The van der Waals surface area contributed by atoms with Crippen molar-refractivity contribution in [1.29, 1.82) is 0 Å². The average molecular weight is 186 g/mol. The van der Waals surface area contributed by atoms with Crippen molar-refractivity contribution in [3.63, 3.8) is 0 Å². The summed E-state index contributed by atoms with van der Waals surface area (Å²) in [7, 11) is 0. The second kappa shape index (κ2) is 5.62. The summed E-state index contributed by atoms with van der Waals surface area (Å²) in [5.74, 6) is 2.55.